The summed E-state index contributed by atoms with van der Waals surface area (Å²) in [5.41, 5.74) is 2.00. The van der Waals surface area contributed by atoms with Crippen molar-refractivity contribution < 1.29 is 18.8 Å². The van der Waals surface area contributed by atoms with Gasteiger partial charge in [-0.1, -0.05) is 42.5 Å². The van der Waals surface area contributed by atoms with Crippen molar-refractivity contribution in [3.63, 3.8) is 0 Å². The van der Waals surface area contributed by atoms with E-state index in [1.165, 1.54) is 6.07 Å². The zero-order valence-electron chi connectivity index (χ0n) is 11.9. The van der Waals surface area contributed by atoms with Crippen LogP contribution in [-0.4, -0.2) is 17.9 Å². The van der Waals surface area contributed by atoms with Crippen molar-refractivity contribution in [2.75, 3.05) is 0 Å². The van der Waals surface area contributed by atoms with Gasteiger partial charge in [-0.25, -0.2) is 0 Å². The normalized spacial score (nSPS) is 12.7. The molecule has 0 bridgehead atoms. The summed E-state index contributed by atoms with van der Waals surface area (Å²) in [6.45, 7) is 0. The summed E-state index contributed by atoms with van der Waals surface area (Å²) < 4.78 is 5.42. The molecule has 0 fully saturated rings. The van der Waals surface area contributed by atoms with Crippen molar-refractivity contribution in [3.8, 4) is 11.3 Å². The molecule has 0 saturated heterocycles. The molecule has 3 aromatic rings. The summed E-state index contributed by atoms with van der Waals surface area (Å²) >= 11 is 0. The Morgan fingerprint density at radius 2 is 1.35 bits per heavy atom. The van der Waals surface area contributed by atoms with E-state index in [1.54, 1.807) is 48.5 Å². The third-order valence-electron chi connectivity index (χ3n) is 3.96. The molecule has 1 aromatic heterocycles. The number of hydrogen-bond acceptors (Lipinski definition) is 4. The third-order valence-corrected chi connectivity index (χ3v) is 3.96. The minimum atomic E-state index is -0.213. The van der Waals surface area contributed by atoms with E-state index in [0.29, 0.717) is 39.9 Å². The lowest BCUT2D eigenvalue weighted by molar-refractivity contribution is 0.0979. The van der Waals surface area contributed by atoms with Crippen molar-refractivity contribution in [3.05, 3.63) is 82.6 Å². The molecule has 4 rings (SSSR count). The molecule has 0 amide bonds. The van der Waals surface area contributed by atoms with Crippen LogP contribution in [-0.2, 0) is 0 Å². The number of carbonyl (C=O) groups excluding carboxylic acids is 3. The van der Waals surface area contributed by atoms with E-state index >= 15 is 0 Å². The Kier molecular flexibility index (Phi) is 2.84. The summed E-state index contributed by atoms with van der Waals surface area (Å²) in [5, 5.41) is 0. The maximum absolute atomic E-state index is 12.9. The van der Waals surface area contributed by atoms with Gasteiger partial charge in [0.05, 0.1) is 0 Å². The summed E-state index contributed by atoms with van der Waals surface area (Å²) in [6, 6.07) is 15.0. The largest absolute Gasteiger partial charge is 0.453 e. The molecule has 4 nitrogen and oxygen atoms in total. The molecule has 0 aliphatic heterocycles. The molecule has 1 heterocycles. The summed E-state index contributed by atoms with van der Waals surface area (Å²) in [5.74, 6) is 0.172. The van der Waals surface area contributed by atoms with Crippen molar-refractivity contribution >= 4 is 17.9 Å². The number of aldehydes is 1. The standard InChI is InChI=1S/C19H10O4/c20-10-11-8-9-16(23-11)14-6-3-7-15-17(14)19(22)13-5-2-1-4-12(13)18(15)21/h1-10H. The fourth-order valence-electron chi connectivity index (χ4n) is 2.91. The maximum atomic E-state index is 12.9. The second kappa shape index (κ2) is 4.88. The molecule has 110 valence electrons. The average molecular weight is 302 g/mol. The first-order chi connectivity index (χ1) is 11.2. The number of hydrogen-bond donors (Lipinski definition) is 0. The second-order valence-corrected chi connectivity index (χ2v) is 5.25. The smallest absolute Gasteiger partial charge is 0.195 e. The Morgan fingerprint density at radius 3 is 2.04 bits per heavy atom. The Labute approximate surface area is 131 Å². The fourth-order valence-corrected chi connectivity index (χ4v) is 2.91. The Hall–Kier alpha value is -3.27. The van der Waals surface area contributed by atoms with Crippen LogP contribution in [0.3, 0.4) is 0 Å². The van der Waals surface area contributed by atoms with Gasteiger partial charge in [-0.05, 0) is 12.1 Å². The van der Waals surface area contributed by atoms with Gasteiger partial charge in [-0.3, -0.25) is 14.4 Å². The van der Waals surface area contributed by atoms with Crippen LogP contribution in [0.25, 0.3) is 11.3 Å². The molecular formula is C19H10O4. The molecule has 23 heavy (non-hydrogen) atoms. The number of benzene rings is 2. The summed E-state index contributed by atoms with van der Waals surface area (Å²) in [6.07, 6.45) is 0.598. The molecule has 0 N–H and O–H groups in total. The first-order valence-electron chi connectivity index (χ1n) is 7.07. The van der Waals surface area contributed by atoms with Gasteiger partial charge in [0.2, 0.25) is 0 Å². The van der Waals surface area contributed by atoms with Crippen LogP contribution in [0.5, 0.6) is 0 Å². The van der Waals surface area contributed by atoms with Crippen LogP contribution < -0.4 is 0 Å². The maximum Gasteiger partial charge on any atom is 0.195 e. The van der Waals surface area contributed by atoms with Crippen molar-refractivity contribution in [2.24, 2.45) is 0 Å². The Morgan fingerprint density at radius 1 is 0.696 bits per heavy atom. The highest BCUT2D eigenvalue weighted by Crippen LogP contribution is 2.34. The lowest BCUT2D eigenvalue weighted by atomic mass is 9.81. The second-order valence-electron chi connectivity index (χ2n) is 5.25. The van der Waals surface area contributed by atoms with E-state index in [2.05, 4.69) is 0 Å². The topological polar surface area (TPSA) is 64.3 Å². The molecule has 0 radical (unpaired) electrons. The monoisotopic (exact) mass is 302 g/mol. The average Bonchev–Trinajstić information content (AvgIpc) is 3.08. The van der Waals surface area contributed by atoms with Gasteiger partial charge in [0, 0.05) is 27.8 Å². The van der Waals surface area contributed by atoms with Crippen molar-refractivity contribution in [2.45, 2.75) is 0 Å². The van der Waals surface area contributed by atoms with E-state index in [0.717, 1.165) is 0 Å². The van der Waals surface area contributed by atoms with Gasteiger partial charge in [-0.15, -0.1) is 0 Å². The molecule has 0 unspecified atom stereocenters. The summed E-state index contributed by atoms with van der Waals surface area (Å²) in [4.78, 5) is 36.3. The number of rotatable bonds is 2. The number of furan rings is 1. The number of carbonyl (C=O) groups is 3. The molecule has 4 heteroatoms. The van der Waals surface area contributed by atoms with Gasteiger partial charge in [0.15, 0.2) is 23.6 Å². The van der Waals surface area contributed by atoms with Crippen molar-refractivity contribution in [1.29, 1.82) is 0 Å². The van der Waals surface area contributed by atoms with Gasteiger partial charge < -0.3 is 4.42 Å². The zero-order valence-corrected chi connectivity index (χ0v) is 11.9. The highest BCUT2D eigenvalue weighted by molar-refractivity contribution is 6.30. The fraction of sp³-hybridized carbons (Fsp3) is 0. The highest BCUT2D eigenvalue weighted by Gasteiger charge is 2.32. The third kappa shape index (κ3) is 1.89. The number of ketones is 2. The first kappa shape index (κ1) is 13.4. The van der Waals surface area contributed by atoms with E-state index in [4.69, 9.17) is 4.42 Å². The van der Waals surface area contributed by atoms with E-state index in [-0.39, 0.29) is 17.3 Å². The van der Waals surface area contributed by atoms with Gasteiger partial charge >= 0.3 is 0 Å². The van der Waals surface area contributed by atoms with Gasteiger partial charge in [0.25, 0.3) is 0 Å². The van der Waals surface area contributed by atoms with Gasteiger partial charge in [-0.2, -0.15) is 0 Å². The molecule has 1 aliphatic carbocycles. The number of fused-ring (bicyclic) bond motifs is 2. The Balaban J connectivity index is 1.98. The van der Waals surface area contributed by atoms with Crippen LogP contribution in [0, 0.1) is 0 Å². The predicted molar refractivity (Wildman–Crippen MR) is 82.8 cm³/mol. The molecule has 2 aromatic carbocycles. The first-order valence-corrected chi connectivity index (χ1v) is 7.07. The van der Waals surface area contributed by atoms with Crippen LogP contribution in [0.15, 0.2) is 59.0 Å². The Bertz CT molecular complexity index is 979. The minimum absolute atomic E-state index is 0.174. The SMILES string of the molecule is O=Cc1ccc(-c2cccc3c2C(=O)c2ccccc2C3=O)o1. The summed E-state index contributed by atoms with van der Waals surface area (Å²) in [7, 11) is 0. The van der Waals surface area contributed by atoms with E-state index in [9.17, 15) is 14.4 Å². The van der Waals surface area contributed by atoms with E-state index in [1.807, 2.05) is 0 Å². The van der Waals surface area contributed by atoms with Crippen LogP contribution >= 0.6 is 0 Å². The molecule has 0 saturated carbocycles. The van der Waals surface area contributed by atoms with E-state index < -0.39 is 0 Å². The lowest BCUT2D eigenvalue weighted by Crippen LogP contribution is -2.21. The van der Waals surface area contributed by atoms with Crippen molar-refractivity contribution in [1.82, 2.24) is 0 Å². The molecular weight excluding hydrogens is 292 g/mol. The minimum Gasteiger partial charge on any atom is -0.453 e. The zero-order chi connectivity index (χ0) is 16.0. The van der Waals surface area contributed by atoms with Crippen LogP contribution in [0.1, 0.15) is 42.4 Å². The highest BCUT2D eigenvalue weighted by atomic mass is 16.3. The molecule has 1 aliphatic rings. The molecule has 0 spiro atoms. The van der Waals surface area contributed by atoms with Crippen LogP contribution in [0.4, 0.5) is 0 Å². The predicted octanol–water partition coefficient (Wildman–Crippen LogP) is 3.53. The quantitative estimate of drug-likeness (QED) is 0.531. The van der Waals surface area contributed by atoms with Gasteiger partial charge in [0.1, 0.15) is 5.76 Å². The molecule has 0 atom stereocenters. The van der Waals surface area contributed by atoms with Crippen LogP contribution in [0.2, 0.25) is 0 Å². The lowest BCUT2D eigenvalue weighted by Gasteiger charge is -2.19.